The largest absolute Gasteiger partial charge is 0.489 e. The zero-order chi connectivity index (χ0) is 14.1. The van der Waals surface area contributed by atoms with Gasteiger partial charge in [-0.25, -0.2) is 4.39 Å². The summed E-state index contributed by atoms with van der Waals surface area (Å²) in [6.45, 7) is 6.43. The number of ether oxygens (including phenoxy) is 2. The Labute approximate surface area is 114 Å². The molecule has 0 aliphatic rings. The molecule has 1 rings (SSSR count). The smallest absolute Gasteiger partial charge is 0.127 e. The summed E-state index contributed by atoms with van der Waals surface area (Å²) in [7, 11) is 1.65. The van der Waals surface area contributed by atoms with Crippen molar-refractivity contribution in [2.24, 2.45) is 0 Å². The number of benzene rings is 1. The quantitative estimate of drug-likeness (QED) is 0.580. The number of halogens is 1. The number of allylic oxidation sites excluding steroid dienone is 1. The van der Waals surface area contributed by atoms with Crippen molar-refractivity contribution >= 4 is 0 Å². The summed E-state index contributed by atoms with van der Waals surface area (Å²) in [5.74, 6) is 0.277. The monoisotopic (exact) mass is 267 g/mol. The first-order valence-corrected chi connectivity index (χ1v) is 6.37. The Kier molecular flexibility index (Phi) is 7.15. The van der Waals surface area contributed by atoms with Gasteiger partial charge in [-0.05, 0) is 37.6 Å². The van der Waals surface area contributed by atoms with Crippen LogP contribution in [0.1, 0.15) is 19.4 Å². The summed E-state index contributed by atoms with van der Waals surface area (Å²) < 4.78 is 23.9. The van der Waals surface area contributed by atoms with Gasteiger partial charge < -0.3 is 14.8 Å². The first kappa shape index (κ1) is 15.7. The summed E-state index contributed by atoms with van der Waals surface area (Å²) in [5, 5.41) is 3.17. The lowest BCUT2D eigenvalue weighted by Gasteiger charge is -2.08. The highest BCUT2D eigenvalue weighted by molar-refractivity contribution is 5.29. The second-order valence-electron chi connectivity index (χ2n) is 4.56. The van der Waals surface area contributed by atoms with Crippen molar-refractivity contribution < 1.29 is 13.9 Å². The molecule has 0 aliphatic carbocycles. The molecule has 1 aromatic carbocycles. The summed E-state index contributed by atoms with van der Waals surface area (Å²) in [6.07, 6.45) is 1.96. The summed E-state index contributed by atoms with van der Waals surface area (Å²) in [6, 6.07) is 4.76. The highest BCUT2D eigenvalue weighted by Gasteiger charge is 2.01. The molecule has 1 aromatic rings. The molecule has 19 heavy (non-hydrogen) atoms. The molecule has 3 nitrogen and oxygen atoms in total. The predicted octanol–water partition coefficient (Wildman–Crippen LogP) is 2.91. The number of nitrogens with one attached hydrogen (secondary N) is 1. The minimum atomic E-state index is -0.279. The van der Waals surface area contributed by atoms with Crippen LogP contribution in [-0.4, -0.2) is 26.9 Å². The molecule has 0 saturated carbocycles. The zero-order valence-electron chi connectivity index (χ0n) is 11.8. The van der Waals surface area contributed by atoms with Crippen molar-refractivity contribution in [2.75, 3.05) is 26.9 Å². The first-order chi connectivity index (χ1) is 9.11. The second kappa shape index (κ2) is 8.67. The Morgan fingerprint density at radius 3 is 2.79 bits per heavy atom. The average Bonchev–Trinajstić information content (AvgIpc) is 2.34. The predicted molar refractivity (Wildman–Crippen MR) is 74.9 cm³/mol. The highest BCUT2D eigenvalue weighted by Crippen LogP contribution is 2.16. The van der Waals surface area contributed by atoms with Crippen molar-refractivity contribution in [2.45, 2.75) is 20.4 Å². The van der Waals surface area contributed by atoms with Gasteiger partial charge in [0.1, 0.15) is 18.2 Å². The molecule has 0 spiro atoms. The Bertz CT molecular complexity index is 415. The van der Waals surface area contributed by atoms with Gasteiger partial charge in [-0.2, -0.15) is 0 Å². The van der Waals surface area contributed by atoms with E-state index < -0.39 is 0 Å². The van der Waals surface area contributed by atoms with Gasteiger partial charge in [0.25, 0.3) is 0 Å². The van der Waals surface area contributed by atoms with Crippen molar-refractivity contribution in [3.05, 3.63) is 41.2 Å². The van der Waals surface area contributed by atoms with Crippen LogP contribution < -0.4 is 10.1 Å². The van der Waals surface area contributed by atoms with Crippen LogP contribution in [0.15, 0.2) is 29.8 Å². The molecule has 1 N–H and O–H groups in total. The fourth-order valence-electron chi connectivity index (χ4n) is 1.52. The molecule has 0 atom stereocenters. The van der Waals surface area contributed by atoms with Crippen LogP contribution in [-0.2, 0) is 11.3 Å². The molecule has 0 bridgehead atoms. The molecule has 4 heteroatoms. The van der Waals surface area contributed by atoms with Crippen LogP contribution in [0.3, 0.4) is 0 Å². The van der Waals surface area contributed by atoms with E-state index in [0.29, 0.717) is 25.5 Å². The van der Waals surface area contributed by atoms with Crippen molar-refractivity contribution in [1.82, 2.24) is 5.32 Å². The minimum absolute atomic E-state index is 0.279. The van der Waals surface area contributed by atoms with Crippen LogP contribution in [0.2, 0.25) is 0 Å². The first-order valence-electron chi connectivity index (χ1n) is 6.37. The van der Waals surface area contributed by atoms with E-state index >= 15 is 0 Å². The van der Waals surface area contributed by atoms with Gasteiger partial charge in [0, 0.05) is 26.3 Å². The molecule has 0 amide bonds. The molecule has 0 aromatic heterocycles. The van der Waals surface area contributed by atoms with Gasteiger partial charge in [0.05, 0.1) is 6.61 Å². The van der Waals surface area contributed by atoms with Gasteiger partial charge in [0.15, 0.2) is 0 Å². The van der Waals surface area contributed by atoms with Gasteiger partial charge >= 0.3 is 0 Å². The van der Waals surface area contributed by atoms with Crippen molar-refractivity contribution in [3.8, 4) is 5.75 Å². The SMILES string of the molecule is COCCNCc1cc(F)cc(OCC=C(C)C)c1. The normalized spacial score (nSPS) is 10.3. The van der Waals surface area contributed by atoms with E-state index in [1.807, 2.05) is 26.0 Å². The average molecular weight is 267 g/mol. The van der Waals surface area contributed by atoms with E-state index in [0.717, 1.165) is 12.1 Å². The van der Waals surface area contributed by atoms with Crippen LogP contribution >= 0.6 is 0 Å². The second-order valence-corrected chi connectivity index (χ2v) is 4.56. The maximum atomic E-state index is 13.4. The lowest BCUT2D eigenvalue weighted by atomic mass is 10.2. The van der Waals surface area contributed by atoms with E-state index in [4.69, 9.17) is 9.47 Å². The summed E-state index contributed by atoms with van der Waals surface area (Å²) in [5.41, 5.74) is 2.04. The lowest BCUT2D eigenvalue weighted by molar-refractivity contribution is 0.199. The Morgan fingerprint density at radius 1 is 1.32 bits per heavy atom. The third kappa shape index (κ3) is 6.94. The van der Waals surface area contributed by atoms with Gasteiger partial charge in [-0.3, -0.25) is 0 Å². The molecule has 0 heterocycles. The number of hydrogen-bond acceptors (Lipinski definition) is 3. The van der Waals surface area contributed by atoms with E-state index in [1.54, 1.807) is 7.11 Å². The molecule has 0 unspecified atom stereocenters. The molecule has 106 valence electrons. The molecule has 0 radical (unpaired) electrons. The maximum Gasteiger partial charge on any atom is 0.127 e. The van der Waals surface area contributed by atoms with E-state index in [9.17, 15) is 4.39 Å². The summed E-state index contributed by atoms with van der Waals surface area (Å²) >= 11 is 0. The Hall–Kier alpha value is -1.39. The van der Waals surface area contributed by atoms with Crippen LogP contribution in [0, 0.1) is 5.82 Å². The Balaban J connectivity index is 2.53. The lowest BCUT2D eigenvalue weighted by Crippen LogP contribution is -2.18. The number of methoxy groups -OCH3 is 1. The van der Waals surface area contributed by atoms with Gasteiger partial charge in [0.2, 0.25) is 0 Å². The molecule has 0 aliphatic heterocycles. The number of hydrogen-bond donors (Lipinski definition) is 1. The van der Waals surface area contributed by atoms with Crippen LogP contribution in [0.4, 0.5) is 4.39 Å². The topological polar surface area (TPSA) is 30.5 Å². The summed E-state index contributed by atoms with van der Waals surface area (Å²) in [4.78, 5) is 0. The maximum absolute atomic E-state index is 13.4. The number of rotatable bonds is 8. The van der Waals surface area contributed by atoms with Crippen molar-refractivity contribution in [1.29, 1.82) is 0 Å². The van der Waals surface area contributed by atoms with Gasteiger partial charge in [-0.15, -0.1) is 0 Å². The van der Waals surface area contributed by atoms with E-state index in [1.165, 1.54) is 17.7 Å². The molecular weight excluding hydrogens is 245 g/mol. The van der Waals surface area contributed by atoms with Crippen LogP contribution in [0.5, 0.6) is 5.75 Å². The molecule has 0 saturated heterocycles. The van der Waals surface area contributed by atoms with E-state index in [2.05, 4.69) is 5.32 Å². The molecule has 0 fully saturated rings. The zero-order valence-corrected chi connectivity index (χ0v) is 11.8. The third-order valence-electron chi connectivity index (χ3n) is 2.48. The highest BCUT2D eigenvalue weighted by atomic mass is 19.1. The van der Waals surface area contributed by atoms with Crippen LogP contribution in [0.25, 0.3) is 0 Å². The Morgan fingerprint density at radius 2 is 2.11 bits per heavy atom. The fourth-order valence-corrected chi connectivity index (χ4v) is 1.52. The fraction of sp³-hybridized carbons (Fsp3) is 0.467. The minimum Gasteiger partial charge on any atom is -0.489 e. The third-order valence-corrected chi connectivity index (χ3v) is 2.48. The molecular formula is C15H22FNO2. The van der Waals surface area contributed by atoms with Crippen molar-refractivity contribution in [3.63, 3.8) is 0 Å². The van der Waals surface area contributed by atoms with E-state index in [-0.39, 0.29) is 5.82 Å². The van der Waals surface area contributed by atoms with Gasteiger partial charge in [-0.1, -0.05) is 5.57 Å². The standard InChI is InChI=1S/C15H22FNO2/c1-12(2)4-6-19-15-9-13(8-14(16)10-15)11-17-5-7-18-3/h4,8-10,17H,5-7,11H2,1-3H3.